The maximum atomic E-state index is 12.3. The minimum Gasteiger partial charge on any atom is -0.324 e. The molecule has 0 aliphatic heterocycles. The summed E-state index contributed by atoms with van der Waals surface area (Å²) < 4.78 is 1.62. The van der Waals surface area contributed by atoms with Crippen molar-refractivity contribution in [2.24, 2.45) is 7.05 Å². The Morgan fingerprint density at radius 3 is 2.70 bits per heavy atom. The molecule has 0 atom stereocenters. The predicted octanol–water partition coefficient (Wildman–Crippen LogP) is 3.53. The van der Waals surface area contributed by atoms with E-state index in [0.717, 1.165) is 11.8 Å². The number of nitrogens with zero attached hydrogens (tertiary/aromatic N) is 4. The van der Waals surface area contributed by atoms with E-state index in [9.17, 15) is 19.7 Å². The van der Waals surface area contributed by atoms with Crippen LogP contribution < -0.4 is 5.32 Å². The van der Waals surface area contributed by atoms with E-state index >= 15 is 0 Å². The highest BCUT2D eigenvalue weighted by Crippen LogP contribution is 2.22. The van der Waals surface area contributed by atoms with Crippen molar-refractivity contribution >= 4 is 46.4 Å². The summed E-state index contributed by atoms with van der Waals surface area (Å²) >= 11 is 7.17. The smallest absolute Gasteiger partial charge is 0.270 e. The monoisotopic (exact) mass is 445 g/mol. The summed E-state index contributed by atoms with van der Waals surface area (Å²) in [6.45, 7) is 0. The van der Waals surface area contributed by atoms with E-state index in [1.807, 2.05) is 0 Å². The minimum atomic E-state index is -0.549. The van der Waals surface area contributed by atoms with Crippen LogP contribution in [0.5, 0.6) is 0 Å². The topological polar surface area (TPSA) is 120 Å². The van der Waals surface area contributed by atoms with E-state index in [2.05, 4.69) is 15.5 Å². The number of hydrogen-bond acceptors (Lipinski definition) is 7. The standard InChI is InChI=1S/C19H16ClN5O4S/c1-24-17(10-18(27)21-15-8-3-2-7-14(15)20)22-23-19(24)30-11-16(26)12-5-4-6-13(9-12)25(28)29/h2-9H,10-11H2,1H3,(H,21,27). The first-order chi connectivity index (χ1) is 14.3. The molecule has 2 aromatic carbocycles. The molecule has 11 heteroatoms. The van der Waals surface area contributed by atoms with Crippen LogP contribution in [0.2, 0.25) is 5.02 Å². The zero-order chi connectivity index (χ0) is 21.7. The van der Waals surface area contributed by atoms with Gasteiger partial charge in [-0.2, -0.15) is 0 Å². The quantitative estimate of drug-likeness (QED) is 0.243. The first-order valence-corrected chi connectivity index (χ1v) is 10.0. The van der Waals surface area contributed by atoms with Gasteiger partial charge in [0.2, 0.25) is 5.91 Å². The molecule has 9 nitrogen and oxygen atoms in total. The second-order valence-corrected chi connectivity index (χ2v) is 7.53. The van der Waals surface area contributed by atoms with E-state index in [-0.39, 0.29) is 35.1 Å². The molecule has 0 bridgehead atoms. The molecule has 154 valence electrons. The number of nitrogens with one attached hydrogen (secondary N) is 1. The van der Waals surface area contributed by atoms with Gasteiger partial charge in [0.1, 0.15) is 5.82 Å². The summed E-state index contributed by atoms with van der Waals surface area (Å²) in [6, 6.07) is 12.4. The lowest BCUT2D eigenvalue weighted by Gasteiger charge is -2.07. The lowest BCUT2D eigenvalue weighted by atomic mass is 10.1. The zero-order valence-corrected chi connectivity index (χ0v) is 17.3. The molecule has 3 aromatic rings. The number of ketones is 1. The fourth-order valence-corrected chi connectivity index (χ4v) is 3.54. The number of nitro benzene ring substituents is 1. The third kappa shape index (κ3) is 5.22. The second-order valence-electron chi connectivity index (χ2n) is 6.18. The van der Waals surface area contributed by atoms with Gasteiger partial charge in [0.05, 0.1) is 27.8 Å². The van der Waals surface area contributed by atoms with Crippen molar-refractivity contribution in [3.63, 3.8) is 0 Å². The van der Waals surface area contributed by atoms with Crippen LogP contribution in [0, 0.1) is 10.1 Å². The van der Waals surface area contributed by atoms with Crippen molar-refractivity contribution in [2.75, 3.05) is 11.1 Å². The molecule has 1 heterocycles. The van der Waals surface area contributed by atoms with Crippen molar-refractivity contribution in [3.8, 4) is 0 Å². The molecule has 0 aliphatic rings. The van der Waals surface area contributed by atoms with Crippen molar-refractivity contribution < 1.29 is 14.5 Å². The molecule has 0 unspecified atom stereocenters. The summed E-state index contributed by atoms with van der Waals surface area (Å²) in [6.07, 6.45) is -0.0197. The number of carbonyl (C=O) groups is 2. The lowest BCUT2D eigenvalue weighted by Crippen LogP contribution is -2.17. The van der Waals surface area contributed by atoms with Gasteiger partial charge in [-0.1, -0.05) is 47.6 Å². The van der Waals surface area contributed by atoms with Crippen LogP contribution in [0.3, 0.4) is 0 Å². The maximum absolute atomic E-state index is 12.3. The van der Waals surface area contributed by atoms with Crippen molar-refractivity contribution in [1.82, 2.24) is 14.8 Å². The molecule has 0 saturated carbocycles. The fraction of sp³-hybridized carbons (Fsp3) is 0.158. The van der Waals surface area contributed by atoms with Crippen molar-refractivity contribution in [1.29, 1.82) is 0 Å². The number of anilines is 1. The van der Waals surface area contributed by atoms with E-state index < -0.39 is 4.92 Å². The first-order valence-electron chi connectivity index (χ1n) is 8.68. The number of halogens is 1. The van der Waals surface area contributed by atoms with Gasteiger partial charge in [-0.25, -0.2) is 0 Å². The number of hydrogen-bond donors (Lipinski definition) is 1. The summed E-state index contributed by atoms with van der Waals surface area (Å²) in [5, 5.41) is 22.5. The molecule has 0 aliphatic carbocycles. The Morgan fingerprint density at radius 1 is 1.20 bits per heavy atom. The summed E-state index contributed by atoms with van der Waals surface area (Å²) in [5.41, 5.74) is 0.609. The fourth-order valence-electron chi connectivity index (χ4n) is 2.53. The van der Waals surface area contributed by atoms with Gasteiger partial charge in [-0.15, -0.1) is 10.2 Å². The average Bonchev–Trinajstić information content (AvgIpc) is 3.07. The second kappa shape index (κ2) is 9.51. The van der Waals surface area contributed by atoms with Crippen molar-refractivity contribution in [3.05, 3.63) is 75.1 Å². The Labute approximate surface area is 180 Å². The molecule has 30 heavy (non-hydrogen) atoms. The van der Waals surface area contributed by atoms with Crippen LogP contribution in [0.15, 0.2) is 53.7 Å². The lowest BCUT2D eigenvalue weighted by molar-refractivity contribution is -0.384. The van der Waals surface area contributed by atoms with Gasteiger partial charge in [-0.05, 0) is 12.1 Å². The summed E-state index contributed by atoms with van der Waals surface area (Å²) in [5.74, 6) is -0.128. The highest BCUT2D eigenvalue weighted by molar-refractivity contribution is 7.99. The molecule has 3 rings (SSSR count). The number of aromatic nitrogens is 3. The summed E-state index contributed by atoms with van der Waals surface area (Å²) in [7, 11) is 1.69. The molecule has 1 amide bonds. The number of amides is 1. The van der Waals surface area contributed by atoms with Gasteiger partial charge in [0, 0.05) is 24.7 Å². The predicted molar refractivity (Wildman–Crippen MR) is 113 cm³/mol. The molecular formula is C19H16ClN5O4S. The molecule has 0 saturated heterocycles. The summed E-state index contributed by atoms with van der Waals surface area (Å²) in [4.78, 5) is 34.9. The Bertz CT molecular complexity index is 1120. The number of para-hydroxylation sites is 1. The highest BCUT2D eigenvalue weighted by Gasteiger charge is 2.17. The van der Waals surface area contributed by atoms with E-state index in [1.54, 1.807) is 35.9 Å². The average molecular weight is 446 g/mol. The Morgan fingerprint density at radius 2 is 1.97 bits per heavy atom. The van der Waals surface area contributed by atoms with Gasteiger partial charge < -0.3 is 9.88 Å². The number of carbonyl (C=O) groups excluding carboxylic acids is 2. The van der Waals surface area contributed by atoms with Crippen LogP contribution in [-0.2, 0) is 18.3 Å². The van der Waals surface area contributed by atoms with Crippen LogP contribution in [0.4, 0.5) is 11.4 Å². The van der Waals surface area contributed by atoms with Crippen LogP contribution >= 0.6 is 23.4 Å². The van der Waals surface area contributed by atoms with Crippen molar-refractivity contribution in [2.45, 2.75) is 11.6 Å². The largest absolute Gasteiger partial charge is 0.324 e. The SMILES string of the molecule is Cn1c(CC(=O)Nc2ccccc2Cl)nnc1SCC(=O)c1cccc([N+](=O)[O-])c1. The third-order valence-corrected chi connectivity index (χ3v) is 5.45. The number of thioether (sulfide) groups is 1. The Kier molecular flexibility index (Phi) is 6.80. The number of rotatable bonds is 8. The Balaban J connectivity index is 1.60. The van der Waals surface area contributed by atoms with Gasteiger partial charge in [-0.3, -0.25) is 19.7 Å². The molecule has 0 spiro atoms. The third-order valence-electron chi connectivity index (χ3n) is 4.10. The Hall–Kier alpha value is -3.24. The van der Waals surface area contributed by atoms with Crippen LogP contribution in [0.25, 0.3) is 0 Å². The van der Waals surface area contributed by atoms with Gasteiger partial charge in [0.25, 0.3) is 5.69 Å². The maximum Gasteiger partial charge on any atom is 0.270 e. The zero-order valence-electron chi connectivity index (χ0n) is 15.7. The van der Waals surface area contributed by atoms with E-state index in [0.29, 0.717) is 21.7 Å². The number of nitro groups is 1. The molecule has 0 fully saturated rings. The minimum absolute atomic E-state index is 0.0197. The van der Waals surface area contributed by atoms with E-state index in [4.69, 9.17) is 11.6 Å². The number of benzene rings is 2. The molecule has 0 radical (unpaired) electrons. The molecule has 1 N–H and O–H groups in total. The molecule has 1 aromatic heterocycles. The number of Topliss-reactive ketones (excluding diaryl/α,β-unsaturated/α-hetero) is 1. The van der Waals surface area contributed by atoms with Crippen LogP contribution in [0.1, 0.15) is 16.2 Å². The number of non-ortho nitro benzene ring substituents is 1. The van der Waals surface area contributed by atoms with E-state index in [1.165, 1.54) is 24.3 Å². The van der Waals surface area contributed by atoms with Gasteiger partial charge >= 0.3 is 0 Å². The normalized spacial score (nSPS) is 10.6. The van der Waals surface area contributed by atoms with Crippen LogP contribution in [-0.4, -0.2) is 37.1 Å². The molecular weight excluding hydrogens is 430 g/mol. The first kappa shape index (κ1) is 21.5. The van der Waals surface area contributed by atoms with Gasteiger partial charge in [0.15, 0.2) is 10.9 Å². The highest BCUT2D eigenvalue weighted by atomic mass is 35.5.